The summed E-state index contributed by atoms with van der Waals surface area (Å²) in [5.74, 6) is -1.11. The molecule has 2 aromatic rings. The van der Waals surface area contributed by atoms with E-state index in [1.165, 1.54) is 17.4 Å². The molecule has 0 unspecified atom stereocenters. The number of anilines is 1. The third kappa shape index (κ3) is 4.31. The van der Waals surface area contributed by atoms with Crippen molar-refractivity contribution in [1.82, 2.24) is 0 Å². The summed E-state index contributed by atoms with van der Waals surface area (Å²) in [5.41, 5.74) is 1.51. The van der Waals surface area contributed by atoms with Crippen LogP contribution in [0.4, 0.5) is 5.00 Å². The molecule has 0 aliphatic heterocycles. The highest BCUT2D eigenvalue weighted by Crippen LogP contribution is 2.33. The van der Waals surface area contributed by atoms with Crippen LogP contribution in [0.5, 0.6) is 0 Å². The van der Waals surface area contributed by atoms with Crippen LogP contribution in [-0.4, -0.2) is 18.5 Å². The van der Waals surface area contributed by atoms with Crippen molar-refractivity contribution >= 4 is 45.9 Å². The number of nitriles is 1. The van der Waals surface area contributed by atoms with Gasteiger partial charge in [0.1, 0.15) is 16.6 Å². The fraction of sp³-hybridized carbons (Fsp3) is 0.211. The molecule has 0 fully saturated rings. The van der Waals surface area contributed by atoms with Crippen LogP contribution in [-0.2, 0) is 9.53 Å². The Hall–Kier alpha value is -2.62. The Kier molecular flexibility index (Phi) is 6.56. The average molecular weight is 389 g/mol. The van der Waals surface area contributed by atoms with Crippen LogP contribution in [0.1, 0.15) is 33.3 Å². The number of aryl methyl sites for hydroxylation is 1. The first-order chi connectivity index (χ1) is 12.4. The summed E-state index contributed by atoms with van der Waals surface area (Å²) in [6.45, 7) is 5.59. The Morgan fingerprint density at radius 1 is 1.35 bits per heavy atom. The molecule has 0 radical (unpaired) electrons. The minimum absolute atomic E-state index is 0.114. The van der Waals surface area contributed by atoms with Crippen molar-refractivity contribution in [1.29, 1.82) is 5.26 Å². The number of rotatable bonds is 5. The maximum atomic E-state index is 12.5. The van der Waals surface area contributed by atoms with Gasteiger partial charge in [-0.25, -0.2) is 4.79 Å². The summed E-state index contributed by atoms with van der Waals surface area (Å²) in [5, 5.41) is 12.8. The number of halogens is 1. The molecule has 0 aliphatic rings. The summed E-state index contributed by atoms with van der Waals surface area (Å²) < 4.78 is 5.06. The van der Waals surface area contributed by atoms with E-state index in [9.17, 15) is 14.9 Å². The maximum absolute atomic E-state index is 12.5. The highest BCUT2D eigenvalue weighted by Gasteiger charge is 2.23. The minimum atomic E-state index is -0.612. The highest BCUT2D eigenvalue weighted by atomic mass is 35.5. The molecule has 0 bridgehead atoms. The topological polar surface area (TPSA) is 79.2 Å². The fourth-order valence-electron chi connectivity index (χ4n) is 2.23. The smallest absolute Gasteiger partial charge is 0.341 e. The number of carbonyl (C=O) groups is 2. The van der Waals surface area contributed by atoms with E-state index in [4.69, 9.17) is 16.3 Å². The van der Waals surface area contributed by atoms with Crippen molar-refractivity contribution in [3.63, 3.8) is 0 Å². The molecule has 1 heterocycles. The monoisotopic (exact) mass is 388 g/mol. The molecule has 0 saturated carbocycles. The van der Waals surface area contributed by atoms with Crippen molar-refractivity contribution < 1.29 is 14.3 Å². The standard InChI is InChI=1S/C19H17ClN2O3S/c1-4-25-19(24)16-11(2)12(3)26-18(16)22-17(23)14(10-21)9-13-7-5-6-8-15(13)20/h5-9H,4H2,1-3H3,(H,22,23)/b14-9+. The van der Waals surface area contributed by atoms with Crippen LogP contribution >= 0.6 is 22.9 Å². The molecule has 0 atom stereocenters. The summed E-state index contributed by atoms with van der Waals surface area (Å²) >= 11 is 7.34. The van der Waals surface area contributed by atoms with E-state index in [1.54, 1.807) is 38.1 Å². The molecule has 7 heteroatoms. The fourth-order valence-corrected chi connectivity index (χ4v) is 3.46. The summed E-state index contributed by atoms with van der Waals surface area (Å²) in [6.07, 6.45) is 1.41. The lowest BCUT2D eigenvalue weighted by Crippen LogP contribution is -2.16. The van der Waals surface area contributed by atoms with E-state index in [0.717, 1.165) is 10.4 Å². The Labute approximate surface area is 160 Å². The minimum Gasteiger partial charge on any atom is -0.462 e. The number of thiophene rings is 1. The number of nitrogens with one attached hydrogen (secondary N) is 1. The van der Waals surface area contributed by atoms with Crippen LogP contribution in [0.3, 0.4) is 0 Å². The van der Waals surface area contributed by atoms with E-state index in [0.29, 0.717) is 21.2 Å². The molecule has 1 N–H and O–H groups in total. The zero-order valence-electron chi connectivity index (χ0n) is 14.6. The van der Waals surface area contributed by atoms with Crippen LogP contribution < -0.4 is 5.32 Å². The number of ether oxygens (including phenoxy) is 1. The van der Waals surface area contributed by atoms with E-state index in [-0.39, 0.29) is 12.2 Å². The predicted molar refractivity (Wildman–Crippen MR) is 103 cm³/mol. The Morgan fingerprint density at radius 3 is 2.65 bits per heavy atom. The molecule has 0 spiro atoms. The van der Waals surface area contributed by atoms with Gasteiger partial charge >= 0.3 is 5.97 Å². The van der Waals surface area contributed by atoms with Crippen molar-refractivity contribution in [2.45, 2.75) is 20.8 Å². The van der Waals surface area contributed by atoms with Gasteiger partial charge in [-0.15, -0.1) is 11.3 Å². The number of nitrogens with zero attached hydrogens (tertiary/aromatic N) is 1. The van der Waals surface area contributed by atoms with Gasteiger partial charge in [-0.3, -0.25) is 4.79 Å². The summed E-state index contributed by atoms with van der Waals surface area (Å²) in [6, 6.07) is 8.77. The normalized spacial score (nSPS) is 11.0. The van der Waals surface area contributed by atoms with Crippen LogP contribution in [0, 0.1) is 25.2 Å². The Bertz CT molecular complexity index is 925. The van der Waals surface area contributed by atoms with Crippen molar-refractivity contribution in [3.05, 3.63) is 56.4 Å². The second kappa shape index (κ2) is 8.65. The Morgan fingerprint density at radius 2 is 2.04 bits per heavy atom. The zero-order chi connectivity index (χ0) is 19.3. The molecule has 26 heavy (non-hydrogen) atoms. The molecule has 134 valence electrons. The van der Waals surface area contributed by atoms with Crippen molar-refractivity contribution in [2.24, 2.45) is 0 Å². The van der Waals surface area contributed by atoms with Crippen LogP contribution in [0.15, 0.2) is 29.8 Å². The second-order valence-corrected chi connectivity index (χ2v) is 6.99. The molecule has 0 saturated heterocycles. The van der Waals surface area contributed by atoms with Gasteiger partial charge in [-0.05, 0) is 44.0 Å². The average Bonchev–Trinajstić information content (AvgIpc) is 2.88. The first-order valence-electron chi connectivity index (χ1n) is 7.83. The molecule has 1 aromatic heterocycles. The van der Waals surface area contributed by atoms with Gasteiger partial charge in [0.2, 0.25) is 0 Å². The maximum Gasteiger partial charge on any atom is 0.341 e. The number of carbonyl (C=O) groups excluding carboxylic acids is 2. The third-order valence-corrected chi connectivity index (χ3v) is 5.13. The largest absolute Gasteiger partial charge is 0.462 e. The van der Waals surface area contributed by atoms with Gasteiger partial charge in [-0.1, -0.05) is 29.8 Å². The first kappa shape index (κ1) is 19.7. The van der Waals surface area contributed by atoms with Gasteiger partial charge < -0.3 is 10.1 Å². The molecular weight excluding hydrogens is 372 g/mol. The van der Waals surface area contributed by atoms with Gasteiger partial charge in [-0.2, -0.15) is 5.26 Å². The lowest BCUT2D eigenvalue weighted by Gasteiger charge is -2.07. The molecular formula is C19H17ClN2O3S. The van der Waals surface area contributed by atoms with Crippen LogP contribution in [0.25, 0.3) is 6.08 Å². The molecule has 1 aromatic carbocycles. The van der Waals surface area contributed by atoms with E-state index >= 15 is 0 Å². The number of hydrogen-bond donors (Lipinski definition) is 1. The summed E-state index contributed by atoms with van der Waals surface area (Å²) in [7, 11) is 0. The number of amides is 1. The second-order valence-electron chi connectivity index (χ2n) is 5.35. The quantitative estimate of drug-likeness (QED) is 0.455. The molecule has 5 nitrogen and oxygen atoms in total. The van der Waals surface area contributed by atoms with Gasteiger partial charge in [0.25, 0.3) is 5.91 Å². The zero-order valence-corrected chi connectivity index (χ0v) is 16.1. The van der Waals surface area contributed by atoms with E-state index < -0.39 is 11.9 Å². The summed E-state index contributed by atoms with van der Waals surface area (Å²) in [4.78, 5) is 25.6. The van der Waals surface area contributed by atoms with Crippen molar-refractivity contribution in [2.75, 3.05) is 11.9 Å². The number of benzene rings is 1. The molecule has 2 rings (SSSR count). The van der Waals surface area contributed by atoms with Crippen LogP contribution in [0.2, 0.25) is 5.02 Å². The van der Waals surface area contributed by atoms with Crippen molar-refractivity contribution in [3.8, 4) is 6.07 Å². The SMILES string of the molecule is CCOC(=O)c1c(NC(=O)/C(C#N)=C/c2ccccc2Cl)sc(C)c1C. The molecule has 1 amide bonds. The highest BCUT2D eigenvalue weighted by molar-refractivity contribution is 7.16. The van der Waals surface area contributed by atoms with Gasteiger partial charge in [0.05, 0.1) is 12.2 Å². The Balaban J connectivity index is 2.35. The number of esters is 1. The molecule has 0 aliphatic carbocycles. The number of hydrogen-bond acceptors (Lipinski definition) is 5. The van der Waals surface area contributed by atoms with E-state index in [1.807, 2.05) is 13.0 Å². The lowest BCUT2D eigenvalue weighted by molar-refractivity contribution is -0.112. The van der Waals surface area contributed by atoms with Gasteiger partial charge in [0.15, 0.2) is 0 Å². The first-order valence-corrected chi connectivity index (χ1v) is 9.03. The van der Waals surface area contributed by atoms with Gasteiger partial charge in [0, 0.05) is 9.90 Å². The van der Waals surface area contributed by atoms with E-state index in [2.05, 4.69) is 5.32 Å². The predicted octanol–water partition coefficient (Wildman–Crippen LogP) is 4.74. The third-order valence-electron chi connectivity index (χ3n) is 3.66. The lowest BCUT2D eigenvalue weighted by atomic mass is 10.1.